The van der Waals surface area contributed by atoms with Crippen LogP contribution in [0.3, 0.4) is 0 Å². The van der Waals surface area contributed by atoms with Crippen LogP contribution in [0.15, 0.2) is 0 Å². The third-order valence-electron chi connectivity index (χ3n) is 2.93. The summed E-state index contributed by atoms with van der Waals surface area (Å²) < 4.78 is 0. The van der Waals surface area contributed by atoms with Crippen molar-refractivity contribution in [3.63, 3.8) is 0 Å². The molecular weight excluding hydrogens is 188 g/mol. The number of piperidine rings is 1. The average Bonchev–Trinajstić information content (AvgIpc) is 2.18. The van der Waals surface area contributed by atoms with Gasteiger partial charge in [0.1, 0.15) is 0 Å². The lowest BCUT2D eigenvalue weighted by atomic mass is 9.81. The van der Waals surface area contributed by atoms with Gasteiger partial charge in [0.05, 0.1) is 11.0 Å². The number of hydrogen-bond acceptors (Lipinski definition) is 2. The molecule has 0 bridgehead atoms. The van der Waals surface area contributed by atoms with Crippen molar-refractivity contribution in [1.82, 2.24) is 10.6 Å². The number of terminal acetylenes is 1. The third-order valence-corrected chi connectivity index (χ3v) is 2.93. The molecule has 1 aliphatic heterocycles. The molecule has 1 amide bonds. The van der Waals surface area contributed by atoms with E-state index in [1.807, 2.05) is 20.8 Å². The maximum absolute atomic E-state index is 12.0. The lowest BCUT2D eigenvalue weighted by Crippen LogP contribution is -2.53. The number of hydrogen-bond donors (Lipinski definition) is 2. The summed E-state index contributed by atoms with van der Waals surface area (Å²) in [5.74, 6) is 2.63. The number of rotatable bonds is 2. The first-order valence-corrected chi connectivity index (χ1v) is 5.41. The van der Waals surface area contributed by atoms with Gasteiger partial charge in [-0.2, -0.15) is 0 Å². The fraction of sp³-hybridized carbons (Fsp3) is 0.750. The molecule has 0 saturated carbocycles. The van der Waals surface area contributed by atoms with Crippen LogP contribution in [-0.2, 0) is 4.79 Å². The van der Waals surface area contributed by atoms with E-state index < -0.39 is 5.54 Å². The zero-order chi connectivity index (χ0) is 11.5. The van der Waals surface area contributed by atoms with Crippen molar-refractivity contribution in [3.8, 4) is 12.3 Å². The highest BCUT2D eigenvalue weighted by Gasteiger charge is 2.36. The van der Waals surface area contributed by atoms with Crippen LogP contribution in [-0.4, -0.2) is 24.5 Å². The topological polar surface area (TPSA) is 41.1 Å². The minimum Gasteiger partial charge on any atom is -0.340 e. The minimum atomic E-state index is -0.558. The van der Waals surface area contributed by atoms with Crippen LogP contribution in [0.4, 0.5) is 0 Å². The molecule has 0 radical (unpaired) electrons. The van der Waals surface area contributed by atoms with Crippen molar-refractivity contribution >= 4 is 5.91 Å². The van der Waals surface area contributed by atoms with Gasteiger partial charge in [0.15, 0.2) is 0 Å². The molecule has 1 fully saturated rings. The van der Waals surface area contributed by atoms with Gasteiger partial charge in [0.25, 0.3) is 0 Å². The zero-order valence-electron chi connectivity index (χ0n) is 9.81. The predicted molar refractivity (Wildman–Crippen MR) is 61.3 cm³/mol. The Bertz CT molecular complexity index is 282. The second-order valence-electron chi connectivity index (χ2n) is 5.06. The van der Waals surface area contributed by atoms with Crippen molar-refractivity contribution in [3.05, 3.63) is 0 Å². The molecule has 1 heterocycles. The molecule has 1 saturated heterocycles. The highest BCUT2D eigenvalue weighted by Crippen LogP contribution is 2.26. The first kappa shape index (κ1) is 12.1. The van der Waals surface area contributed by atoms with Crippen LogP contribution in [0.2, 0.25) is 0 Å². The zero-order valence-corrected chi connectivity index (χ0v) is 9.81. The molecule has 1 aliphatic rings. The fourth-order valence-corrected chi connectivity index (χ4v) is 1.72. The first-order valence-electron chi connectivity index (χ1n) is 5.41. The van der Waals surface area contributed by atoms with Crippen LogP contribution in [0.1, 0.15) is 33.6 Å². The van der Waals surface area contributed by atoms with E-state index in [1.165, 1.54) is 0 Å². The maximum Gasteiger partial charge on any atom is 0.228 e. The van der Waals surface area contributed by atoms with E-state index in [0.29, 0.717) is 0 Å². The number of amides is 1. The predicted octanol–water partition coefficient (Wildman–Crippen LogP) is 0.904. The van der Waals surface area contributed by atoms with E-state index in [9.17, 15) is 4.79 Å². The van der Waals surface area contributed by atoms with Crippen LogP contribution in [0.25, 0.3) is 0 Å². The van der Waals surface area contributed by atoms with Crippen LogP contribution in [0, 0.1) is 17.8 Å². The maximum atomic E-state index is 12.0. The second kappa shape index (κ2) is 4.24. The molecule has 2 N–H and O–H groups in total. The van der Waals surface area contributed by atoms with Crippen molar-refractivity contribution < 1.29 is 4.79 Å². The standard InChI is InChI=1S/C12H20N2O/c1-5-11(2,3)14-10(15)12(4)7-6-8-13-9-12/h1,13H,6-9H2,2-4H3,(H,14,15). The van der Waals surface area contributed by atoms with Crippen molar-refractivity contribution in [2.24, 2.45) is 5.41 Å². The molecule has 15 heavy (non-hydrogen) atoms. The van der Waals surface area contributed by atoms with Crippen molar-refractivity contribution in [1.29, 1.82) is 0 Å². The van der Waals surface area contributed by atoms with Crippen molar-refractivity contribution in [2.45, 2.75) is 39.2 Å². The molecule has 84 valence electrons. The Morgan fingerprint density at radius 3 is 2.73 bits per heavy atom. The van der Waals surface area contributed by atoms with Crippen molar-refractivity contribution in [2.75, 3.05) is 13.1 Å². The third kappa shape index (κ3) is 2.97. The molecule has 1 unspecified atom stereocenters. The Labute approximate surface area is 92.0 Å². The van der Waals surface area contributed by atoms with Gasteiger partial charge in [0.2, 0.25) is 5.91 Å². The Balaban J connectivity index is 2.64. The van der Waals surface area contributed by atoms with Gasteiger partial charge in [-0.05, 0) is 40.2 Å². The molecule has 0 aromatic rings. The summed E-state index contributed by atoms with van der Waals surface area (Å²) in [4.78, 5) is 12.0. The van der Waals surface area contributed by atoms with E-state index in [4.69, 9.17) is 6.42 Å². The molecule has 0 aliphatic carbocycles. The van der Waals surface area contributed by atoms with Gasteiger partial charge in [-0.1, -0.05) is 5.92 Å². The summed E-state index contributed by atoms with van der Waals surface area (Å²) in [5, 5.41) is 6.15. The summed E-state index contributed by atoms with van der Waals surface area (Å²) in [6, 6.07) is 0. The summed E-state index contributed by atoms with van der Waals surface area (Å²) in [6.45, 7) is 7.40. The minimum absolute atomic E-state index is 0.0534. The lowest BCUT2D eigenvalue weighted by Gasteiger charge is -2.35. The van der Waals surface area contributed by atoms with Crippen LogP contribution < -0.4 is 10.6 Å². The summed E-state index contributed by atoms with van der Waals surface area (Å²) in [6.07, 6.45) is 7.31. The highest BCUT2D eigenvalue weighted by molar-refractivity contribution is 5.83. The van der Waals surface area contributed by atoms with Crippen LogP contribution in [0.5, 0.6) is 0 Å². The Kier molecular flexibility index (Phi) is 3.41. The smallest absolute Gasteiger partial charge is 0.228 e. The lowest BCUT2D eigenvalue weighted by molar-refractivity contribution is -0.132. The highest BCUT2D eigenvalue weighted by atomic mass is 16.2. The van der Waals surface area contributed by atoms with Gasteiger partial charge >= 0.3 is 0 Å². The first-order chi connectivity index (χ1) is 6.90. The van der Waals surface area contributed by atoms with Gasteiger partial charge in [-0.3, -0.25) is 4.79 Å². The van der Waals surface area contributed by atoms with E-state index in [-0.39, 0.29) is 11.3 Å². The van der Waals surface area contributed by atoms with Gasteiger partial charge < -0.3 is 10.6 Å². The van der Waals surface area contributed by atoms with Gasteiger partial charge in [0, 0.05) is 6.54 Å². The van der Waals surface area contributed by atoms with E-state index >= 15 is 0 Å². The average molecular weight is 208 g/mol. The summed E-state index contributed by atoms with van der Waals surface area (Å²) in [7, 11) is 0. The largest absolute Gasteiger partial charge is 0.340 e. The molecule has 1 atom stereocenters. The van der Waals surface area contributed by atoms with E-state index in [2.05, 4.69) is 16.6 Å². The second-order valence-corrected chi connectivity index (χ2v) is 5.06. The molecule has 1 rings (SSSR count). The number of nitrogens with one attached hydrogen (secondary N) is 2. The van der Waals surface area contributed by atoms with Gasteiger partial charge in [-0.15, -0.1) is 6.42 Å². The quantitative estimate of drug-likeness (QED) is 0.662. The van der Waals surface area contributed by atoms with E-state index in [0.717, 1.165) is 25.9 Å². The normalized spacial score (nSPS) is 26.8. The summed E-state index contributed by atoms with van der Waals surface area (Å²) >= 11 is 0. The number of carbonyl (C=O) groups is 1. The SMILES string of the molecule is C#CC(C)(C)NC(=O)C1(C)CCCNC1. The van der Waals surface area contributed by atoms with E-state index in [1.54, 1.807) is 0 Å². The Morgan fingerprint density at radius 1 is 1.60 bits per heavy atom. The van der Waals surface area contributed by atoms with Gasteiger partial charge in [-0.25, -0.2) is 0 Å². The Hall–Kier alpha value is -1.01. The Morgan fingerprint density at radius 2 is 2.27 bits per heavy atom. The molecule has 3 heteroatoms. The summed E-state index contributed by atoms with van der Waals surface area (Å²) in [5.41, 5.74) is -0.871. The molecular formula is C12H20N2O. The van der Waals surface area contributed by atoms with Crippen LogP contribution >= 0.6 is 0 Å². The molecule has 0 spiro atoms. The fourth-order valence-electron chi connectivity index (χ4n) is 1.72. The molecule has 0 aromatic heterocycles. The monoisotopic (exact) mass is 208 g/mol. The number of carbonyl (C=O) groups excluding carboxylic acids is 1. The molecule has 3 nitrogen and oxygen atoms in total. The molecule has 0 aromatic carbocycles.